The molecule has 1 saturated heterocycles. The van der Waals surface area contributed by atoms with E-state index in [0.717, 1.165) is 31.9 Å². The summed E-state index contributed by atoms with van der Waals surface area (Å²) < 4.78 is 5.34. The summed E-state index contributed by atoms with van der Waals surface area (Å²) in [5, 5.41) is 3.62. The van der Waals surface area contributed by atoms with Gasteiger partial charge in [0, 0.05) is 37.9 Å². The summed E-state index contributed by atoms with van der Waals surface area (Å²) in [6.45, 7) is 6.45. The fraction of sp³-hybridized carbons (Fsp3) is 0.364. The smallest absolute Gasteiger partial charge is 0.120 e. The number of hydrogen-bond acceptors (Lipinski definition) is 3. The van der Waals surface area contributed by atoms with Crippen molar-refractivity contribution in [2.75, 3.05) is 38.2 Å². The third kappa shape index (κ3) is 5.10. The van der Waals surface area contributed by atoms with Crippen LogP contribution in [0.5, 0.6) is 5.75 Å². The van der Waals surface area contributed by atoms with E-state index >= 15 is 0 Å². The lowest BCUT2D eigenvalue weighted by Crippen LogP contribution is -2.27. The normalized spacial score (nSPS) is 17.8. The molecule has 25 heavy (non-hydrogen) atoms. The molecule has 0 aromatic heterocycles. The number of anilines is 1. The average Bonchev–Trinajstić information content (AvgIpc) is 3.11. The Labute approximate surface area is 151 Å². The zero-order valence-corrected chi connectivity index (χ0v) is 15.2. The highest BCUT2D eigenvalue weighted by atomic mass is 16.5. The van der Waals surface area contributed by atoms with Crippen LogP contribution in [0.4, 0.5) is 5.69 Å². The molecule has 0 radical (unpaired) electrons. The van der Waals surface area contributed by atoms with Crippen LogP contribution < -0.4 is 15.0 Å². The van der Waals surface area contributed by atoms with Gasteiger partial charge in [-0.05, 0) is 37.0 Å². The highest BCUT2D eigenvalue weighted by Crippen LogP contribution is 2.26. The van der Waals surface area contributed by atoms with Gasteiger partial charge in [-0.2, -0.15) is 0 Å². The van der Waals surface area contributed by atoms with E-state index in [1.807, 2.05) is 6.07 Å². The van der Waals surface area contributed by atoms with Crippen LogP contribution in [0.2, 0.25) is 0 Å². The van der Waals surface area contributed by atoms with Crippen molar-refractivity contribution < 1.29 is 4.74 Å². The van der Waals surface area contributed by atoms with Crippen molar-refractivity contribution >= 4 is 11.8 Å². The molecule has 1 aliphatic rings. The Morgan fingerprint density at radius 2 is 2.04 bits per heavy atom. The van der Waals surface area contributed by atoms with Gasteiger partial charge >= 0.3 is 0 Å². The Hall–Kier alpha value is -2.26. The molecule has 0 saturated carbocycles. The van der Waals surface area contributed by atoms with Crippen molar-refractivity contribution in [1.82, 2.24) is 5.32 Å². The highest BCUT2D eigenvalue weighted by Gasteiger charge is 2.22. The lowest BCUT2D eigenvalue weighted by atomic mass is 10.1. The molecule has 1 heterocycles. The third-order valence-electron chi connectivity index (χ3n) is 4.75. The van der Waals surface area contributed by atoms with Gasteiger partial charge in [-0.3, -0.25) is 0 Å². The third-order valence-corrected chi connectivity index (χ3v) is 4.75. The molecule has 0 spiro atoms. The SMILES string of the molecule is COc1cccc(N2CCC(CNC/C(C)=C/c3ccccc3)C2)c1. The van der Waals surface area contributed by atoms with E-state index in [9.17, 15) is 0 Å². The molecule has 3 nitrogen and oxygen atoms in total. The first-order valence-corrected chi connectivity index (χ1v) is 9.06. The quantitative estimate of drug-likeness (QED) is 0.819. The van der Waals surface area contributed by atoms with Crippen molar-refractivity contribution in [2.45, 2.75) is 13.3 Å². The first kappa shape index (κ1) is 17.6. The molecule has 1 N–H and O–H groups in total. The van der Waals surface area contributed by atoms with Crippen LogP contribution in [0.25, 0.3) is 6.08 Å². The molecule has 1 fully saturated rings. The van der Waals surface area contributed by atoms with E-state index in [2.05, 4.69) is 71.7 Å². The number of hydrogen-bond donors (Lipinski definition) is 1. The second-order valence-electron chi connectivity index (χ2n) is 6.83. The van der Waals surface area contributed by atoms with Gasteiger partial charge in [-0.15, -0.1) is 0 Å². The van der Waals surface area contributed by atoms with Crippen LogP contribution in [-0.2, 0) is 0 Å². The largest absolute Gasteiger partial charge is 0.497 e. The van der Waals surface area contributed by atoms with Crippen molar-refractivity contribution in [1.29, 1.82) is 0 Å². The van der Waals surface area contributed by atoms with Crippen molar-refractivity contribution in [2.24, 2.45) is 5.92 Å². The Morgan fingerprint density at radius 1 is 1.20 bits per heavy atom. The summed E-state index contributed by atoms with van der Waals surface area (Å²) in [7, 11) is 1.72. The molecular formula is C22H28N2O. The Morgan fingerprint density at radius 3 is 2.84 bits per heavy atom. The van der Waals surface area contributed by atoms with Crippen LogP contribution in [-0.4, -0.2) is 33.3 Å². The van der Waals surface area contributed by atoms with Gasteiger partial charge in [-0.1, -0.05) is 48.0 Å². The highest BCUT2D eigenvalue weighted by molar-refractivity contribution is 5.52. The zero-order chi connectivity index (χ0) is 17.5. The van der Waals surface area contributed by atoms with E-state index < -0.39 is 0 Å². The molecule has 3 rings (SSSR count). The number of rotatable bonds is 7. The monoisotopic (exact) mass is 336 g/mol. The Kier molecular flexibility index (Phi) is 6.13. The molecule has 2 aromatic rings. The zero-order valence-electron chi connectivity index (χ0n) is 15.2. The molecule has 3 heteroatoms. The second kappa shape index (κ2) is 8.72. The van der Waals surface area contributed by atoms with Crippen LogP contribution in [0, 0.1) is 5.92 Å². The first-order chi connectivity index (χ1) is 12.2. The predicted molar refractivity (Wildman–Crippen MR) is 106 cm³/mol. The Balaban J connectivity index is 1.45. The average molecular weight is 336 g/mol. The molecule has 1 atom stereocenters. The Bertz CT molecular complexity index is 696. The summed E-state index contributed by atoms with van der Waals surface area (Å²) in [6, 6.07) is 18.9. The summed E-state index contributed by atoms with van der Waals surface area (Å²) in [5.41, 5.74) is 3.91. The number of methoxy groups -OCH3 is 1. The van der Waals surface area contributed by atoms with Gasteiger partial charge < -0.3 is 15.0 Å². The molecule has 0 bridgehead atoms. The van der Waals surface area contributed by atoms with Crippen molar-refractivity contribution in [3.63, 3.8) is 0 Å². The maximum Gasteiger partial charge on any atom is 0.120 e. The van der Waals surface area contributed by atoms with Crippen LogP contribution in [0.1, 0.15) is 18.9 Å². The van der Waals surface area contributed by atoms with Crippen LogP contribution >= 0.6 is 0 Å². The fourth-order valence-electron chi connectivity index (χ4n) is 3.40. The van der Waals surface area contributed by atoms with Crippen molar-refractivity contribution in [3.8, 4) is 5.75 Å². The molecule has 0 aliphatic carbocycles. The minimum absolute atomic E-state index is 0.704. The van der Waals surface area contributed by atoms with Gasteiger partial charge in [0.05, 0.1) is 7.11 Å². The summed E-state index contributed by atoms with van der Waals surface area (Å²) in [4.78, 5) is 2.46. The van der Waals surface area contributed by atoms with E-state index in [4.69, 9.17) is 4.74 Å². The van der Waals surface area contributed by atoms with Gasteiger partial charge in [0.2, 0.25) is 0 Å². The number of benzene rings is 2. The minimum Gasteiger partial charge on any atom is -0.497 e. The van der Waals surface area contributed by atoms with E-state index in [0.29, 0.717) is 5.92 Å². The van der Waals surface area contributed by atoms with Gasteiger partial charge in [0.25, 0.3) is 0 Å². The lowest BCUT2D eigenvalue weighted by Gasteiger charge is -2.19. The van der Waals surface area contributed by atoms with Gasteiger partial charge in [0.15, 0.2) is 0 Å². The van der Waals surface area contributed by atoms with E-state index in [-0.39, 0.29) is 0 Å². The maximum absolute atomic E-state index is 5.34. The second-order valence-corrected chi connectivity index (χ2v) is 6.83. The predicted octanol–water partition coefficient (Wildman–Crippen LogP) is 4.21. The standard InChI is InChI=1S/C22H28N2O/c1-18(13-19-7-4-3-5-8-19)15-23-16-20-11-12-24(17-20)21-9-6-10-22(14-21)25-2/h3-10,13-14,20,23H,11-12,15-17H2,1-2H3/b18-13+. The summed E-state index contributed by atoms with van der Waals surface area (Å²) in [6.07, 6.45) is 3.50. The number of nitrogens with one attached hydrogen (secondary N) is 1. The molecule has 1 aliphatic heterocycles. The number of ether oxygens (including phenoxy) is 1. The molecule has 1 unspecified atom stereocenters. The van der Waals surface area contributed by atoms with Gasteiger partial charge in [-0.25, -0.2) is 0 Å². The van der Waals surface area contributed by atoms with Crippen LogP contribution in [0.15, 0.2) is 60.2 Å². The number of nitrogens with zero attached hydrogens (tertiary/aromatic N) is 1. The van der Waals surface area contributed by atoms with Crippen molar-refractivity contribution in [3.05, 3.63) is 65.7 Å². The molecule has 2 aromatic carbocycles. The fourth-order valence-corrected chi connectivity index (χ4v) is 3.40. The molecular weight excluding hydrogens is 308 g/mol. The molecule has 132 valence electrons. The van der Waals surface area contributed by atoms with Gasteiger partial charge in [0.1, 0.15) is 5.75 Å². The summed E-state index contributed by atoms with van der Waals surface area (Å²) in [5.74, 6) is 1.64. The minimum atomic E-state index is 0.704. The molecule has 0 amide bonds. The lowest BCUT2D eigenvalue weighted by molar-refractivity contribution is 0.415. The topological polar surface area (TPSA) is 24.5 Å². The maximum atomic E-state index is 5.34. The first-order valence-electron chi connectivity index (χ1n) is 9.06. The van der Waals surface area contributed by atoms with E-state index in [1.165, 1.54) is 23.2 Å². The summed E-state index contributed by atoms with van der Waals surface area (Å²) >= 11 is 0. The van der Waals surface area contributed by atoms with Crippen LogP contribution in [0.3, 0.4) is 0 Å². The van der Waals surface area contributed by atoms with E-state index in [1.54, 1.807) is 7.11 Å².